The van der Waals surface area contributed by atoms with Gasteiger partial charge in [-0.05, 0) is 38.6 Å². The molecular formula is C14H19F3N2. The van der Waals surface area contributed by atoms with Crippen molar-refractivity contribution in [1.82, 2.24) is 9.80 Å². The summed E-state index contributed by atoms with van der Waals surface area (Å²) in [6.45, 7) is 4.78. The fraction of sp³-hybridized carbons (Fsp3) is 0.571. The maximum atomic E-state index is 13.4. The lowest BCUT2D eigenvalue weighted by atomic mass is 10.1. The highest BCUT2D eigenvalue weighted by molar-refractivity contribution is 5.21. The highest BCUT2D eigenvalue weighted by atomic mass is 19.2. The van der Waals surface area contributed by atoms with Crippen LogP contribution in [0.15, 0.2) is 12.1 Å². The molecule has 0 aliphatic carbocycles. The molecule has 0 aromatic heterocycles. The van der Waals surface area contributed by atoms with E-state index < -0.39 is 17.5 Å². The molecule has 0 saturated carbocycles. The number of benzene rings is 1. The lowest BCUT2D eigenvalue weighted by Crippen LogP contribution is -2.44. The summed E-state index contributed by atoms with van der Waals surface area (Å²) in [5.41, 5.74) is -0.130. The van der Waals surface area contributed by atoms with Crippen LogP contribution in [0.3, 0.4) is 0 Å². The minimum Gasteiger partial charge on any atom is -0.304 e. The van der Waals surface area contributed by atoms with Crippen molar-refractivity contribution >= 4 is 0 Å². The van der Waals surface area contributed by atoms with Gasteiger partial charge in [-0.3, -0.25) is 0 Å². The normalized spacial score (nSPS) is 17.9. The van der Waals surface area contributed by atoms with Crippen molar-refractivity contribution in [3.05, 3.63) is 35.1 Å². The number of halogens is 3. The molecule has 0 amide bonds. The van der Waals surface area contributed by atoms with Gasteiger partial charge >= 0.3 is 0 Å². The molecule has 1 aromatic rings. The van der Waals surface area contributed by atoms with Gasteiger partial charge in [-0.2, -0.15) is 0 Å². The van der Waals surface area contributed by atoms with Crippen LogP contribution >= 0.6 is 0 Å². The molecule has 2 nitrogen and oxygen atoms in total. The van der Waals surface area contributed by atoms with Crippen LogP contribution in [0.5, 0.6) is 0 Å². The Balaban J connectivity index is 1.84. The second-order valence-corrected chi connectivity index (χ2v) is 5.07. The van der Waals surface area contributed by atoms with Gasteiger partial charge in [0.05, 0.1) is 0 Å². The number of hydrogen-bond acceptors (Lipinski definition) is 2. The first-order valence-corrected chi connectivity index (χ1v) is 6.61. The molecule has 1 aromatic carbocycles. The molecule has 0 bridgehead atoms. The van der Waals surface area contributed by atoms with Crippen molar-refractivity contribution in [3.8, 4) is 0 Å². The number of rotatable bonds is 4. The van der Waals surface area contributed by atoms with E-state index in [1.165, 1.54) is 0 Å². The molecular weight excluding hydrogens is 253 g/mol. The minimum absolute atomic E-state index is 0.130. The van der Waals surface area contributed by atoms with Gasteiger partial charge in [0.25, 0.3) is 0 Å². The quantitative estimate of drug-likeness (QED) is 0.776. The molecule has 1 aliphatic heterocycles. The largest absolute Gasteiger partial charge is 0.304 e. The molecule has 1 aliphatic rings. The van der Waals surface area contributed by atoms with Crippen molar-refractivity contribution in [2.45, 2.75) is 12.8 Å². The molecule has 0 unspecified atom stereocenters. The second-order valence-electron chi connectivity index (χ2n) is 5.07. The zero-order chi connectivity index (χ0) is 13.8. The second kappa shape index (κ2) is 6.39. The number of piperazine rings is 1. The number of nitrogens with zero attached hydrogens (tertiary/aromatic N) is 2. The summed E-state index contributed by atoms with van der Waals surface area (Å²) in [6, 6.07) is 1.82. The minimum atomic E-state index is -1.04. The van der Waals surface area contributed by atoms with Crippen LogP contribution in [0.1, 0.15) is 12.0 Å². The Morgan fingerprint density at radius 3 is 2.32 bits per heavy atom. The first kappa shape index (κ1) is 14.3. The van der Waals surface area contributed by atoms with Crippen LogP contribution in [0.2, 0.25) is 0 Å². The first-order valence-electron chi connectivity index (χ1n) is 6.61. The van der Waals surface area contributed by atoms with Gasteiger partial charge in [-0.25, -0.2) is 13.2 Å². The highest BCUT2D eigenvalue weighted by Crippen LogP contribution is 2.17. The van der Waals surface area contributed by atoms with Crippen LogP contribution in [-0.2, 0) is 6.42 Å². The molecule has 2 rings (SSSR count). The summed E-state index contributed by atoms with van der Waals surface area (Å²) in [6.07, 6.45) is 0.878. The molecule has 0 spiro atoms. The van der Waals surface area contributed by atoms with E-state index in [0.717, 1.165) is 44.9 Å². The molecule has 0 N–H and O–H groups in total. The van der Waals surface area contributed by atoms with E-state index in [4.69, 9.17) is 0 Å². The van der Waals surface area contributed by atoms with Crippen molar-refractivity contribution in [2.24, 2.45) is 0 Å². The number of likely N-dealkylation sites (N-methyl/N-ethyl adjacent to an activating group) is 1. The average Bonchev–Trinajstić information content (AvgIpc) is 2.40. The third-order valence-electron chi connectivity index (χ3n) is 3.64. The molecule has 106 valence electrons. The summed E-state index contributed by atoms with van der Waals surface area (Å²) in [7, 11) is 2.08. The lowest BCUT2D eigenvalue weighted by molar-refractivity contribution is 0.153. The predicted molar refractivity (Wildman–Crippen MR) is 68.6 cm³/mol. The molecule has 1 saturated heterocycles. The van der Waals surface area contributed by atoms with E-state index in [9.17, 15) is 13.2 Å². The van der Waals surface area contributed by atoms with Crippen molar-refractivity contribution in [1.29, 1.82) is 0 Å². The third-order valence-corrected chi connectivity index (χ3v) is 3.64. The van der Waals surface area contributed by atoms with Crippen LogP contribution in [0.25, 0.3) is 0 Å². The summed E-state index contributed by atoms with van der Waals surface area (Å²) in [4.78, 5) is 4.53. The van der Waals surface area contributed by atoms with Gasteiger partial charge in [-0.1, -0.05) is 0 Å². The fourth-order valence-electron chi connectivity index (χ4n) is 2.35. The Labute approximate surface area is 111 Å². The predicted octanol–water partition coefficient (Wildman–Crippen LogP) is 2.28. The van der Waals surface area contributed by atoms with E-state index in [2.05, 4.69) is 16.8 Å². The Hall–Kier alpha value is -1.07. The van der Waals surface area contributed by atoms with E-state index >= 15 is 0 Å². The summed E-state index contributed by atoms with van der Waals surface area (Å²) < 4.78 is 39.9. The van der Waals surface area contributed by atoms with E-state index in [0.29, 0.717) is 6.42 Å². The smallest absolute Gasteiger partial charge is 0.164 e. The highest BCUT2D eigenvalue weighted by Gasteiger charge is 2.16. The van der Waals surface area contributed by atoms with Crippen LogP contribution in [-0.4, -0.2) is 49.6 Å². The molecule has 5 heteroatoms. The van der Waals surface area contributed by atoms with E-state index in [1.807, 2.05) is 0 Å². The third kappa shape index (κ3) is 3.70. The molecule has 19 heavy (non-hydrogen) atoms. The van der Waals surface area contributed by atoms with E-state index in [1.54, 1.807) is 0 Å². The standard InChI is InChI=1S/C14H19F3N2/c1-18-7-9-19(10-8-18)6-2-3-11-12(15)4-5-13(16)14(11)17/h4-5H,2-3,6-10H2,1H3. The Bertz CT molecular complexity index is 429. The molecule has 0 atom stereocenters. The van der Waals surface area contributed by atoms with Gasteiger partial charge in [0, 0.05) is 31.7 Å². The topological polar surface area (TPSA) is 6.48 Å². The summed E-state index contributed by atoms with van der Waals surface area (Å²) >= 11 is 0. The van der Waals surface area contributed by atoms with Crippen molar-refractivity contribution in [3.63, 3.8) is 0 Å². The summed E-state index contributed by atoms with van der Waals surface area (Å²) in [5.74, 6) is -2.67. The zero-order valence-corrected chi connectivity index (χ0v) is 11.1. The lowest BCUT2D eigenvalue weighted by Gasteiger charge is -2.32. The maximum Gasteiger partial charge on any atom is 0.164 e. The monoisotopic (exact) mass is 272 g/mol. The van der Waals surface area contributed by atoms with Gasteiger partial charge in [-0.15, -0.1) is 0 Å². The van der Waals surface area contributed by atoms with Gasteiger partial charge in [0.15, 0.2) is 11.6 Å². The van der Waals surface area contributed by atoms with Gasteiger partial charge in [0.1, 0.15) is 5.82 Å². The van der Waals surface area contributed by atoms with Crippen LogP contribution in [0.4, 0.5) is 13.2 Å². The van der Waals surface area contributed by atoms with Gasteiger partial charge < -0.3 is 9.80 Å². The Morgan fingerprint density at radius 1 is 1.00 bits per heavy atom. The molecule has 1 fully saturated rings. The van der Waals surface area contributed by atoms with Crippen LogP contribution < -0.4 is 0 Å². The number of hydrogen-bond donors (Lipinski definition) is 0. The van der Waals surface area contributed by atoms with Crippen molar-refractivity contribution < 1.29 is 13.2 Å². The van der Waals surface area contributed by atoms with E-state index in [-0.39, 0.29) is 12.0 Å². The van der Waals surface area contributed by atoms with Crippen LogP contribution in [0, 0.1) is 17.5 Å². The molecule has 0 radical (unpaired) electrons. The Morgan fingerprint density at radius 2 is 1.63 bits per heavy atom. The maximum absolute atomic E-state index is 13.4. The zero-order valence-electron chi connectivity index (χ0n) is 11.1. The fourth-order valence-corrected chi connectivity index (χ4v) is 2.35. The molecule has 1 heterocycles. The SMILES string of the molecule is CN1CCN(CCCc2c(F)ccc(F)c2F)CC1. The summed E-state index contributed by atoms with van der Waals surface area (Å²) in [5, 5.41) is 0. The van der Waals surface area contributed by atoms with Crippen molar-refractivity contribution in [2.75, 3.05) is 39.8 Å². The average molecular weight is 272 g/mol. The Kier molecular flexibility index (Phi) is 4.82. The first-order chi connectivity index (χ1) is 9.08. The van der Waals surface area contributed by atoms with Gasteiger partial charge in [0.2, 0.25) is 0 Å².